The first-order valence-electron chi connectivity index (χ1n) is 10.8. The van der Waals surface area contributed by atoms with Crippen LogP contribution in [0.15, 0.2) is 0 Å². The van der Waals surface area contributed by atoms with E-state index in [1.165, 1.54) is 107 Å². The molecule has 140 valence electrons. The standard InChI is InChI=1S/C22H48N/c1-6-7-8-9-10-11-12-13-14-15-16-17-20-23(4,5)21-18-19-22(2)3/h22H,6-21H2,1-5H3/q+1. The van der Waals surface area contributed by atoms with Gasteiger partial charge in [-0.1, -0.05) is 85.0 Å². The molecule has 0 bridgehead atoms. The molecule has 23 heavy (non-hydrogen) atoms. The fraction of sp³-hybridized carbons (Fsp3) is 1.00. The van der Waals surface area contributed by atoms with Crippen molar-refractivity contribution in [3.63, 3.8) is 0 Å². The van der Waals surface area contributed by atoms with Gasteiger partial charge in [0, 0.05) is 0 Å². The van der Waals surface area contributed by atoms with Gasteiger partial charge in [0.2, 0.25) is 0 Å². The molecule has 0 fully saturated rings. The van der Waals surface area contributed by atoms with Crippen LogP contribution in [-0.4, -0.2) is 31.7 Å². The Kier molecular flexibility index (Phi) is 15.5. The molecular formula is C22H48N+. The van der Waals surface area contributed by atoms with Crippen LogP contribution in [0.4, 0.5) is 0 Å². The second-order valence-electron chi connectivity index (χ2n) is 8.81. The highest BCUT2D eigenvalue weighted by Crippen LogP contribution is 2.13. The predicted octanol–water partition coefficient (Wildman–Crippen LogP) is 7.20. The highest BCUT2D eigenvalue weighted by molar-refractivity contribution is 4.49. The van der Waals surface area contributed by atoms with Gasteiger partial charge in [0.25, 0.3) is 0 Å². The largest absolute Gasteiger partial charge is 0.328 e. The van der Waals surface area contributed by atoms with Gasteiger partial charge in [-0.3, -0.25) is 0 Å². The van der Waals surface area contributed by atoms with Gasteiger partial charge in [-0.15, -0.1) is 0 Å². The van der Waals surface area contributed by atoms with E-state index in [0.29, 0.717) is 0 Å². The molecule has 1 heteroatoms. The number of nitrogens with zero attached hydrogens (tertiary/aromatic N) is 1. The third-order valence-corrected chi connectivity index (χ3v) is 5.16. The van der Waals surface area contributed by atoms with Gasteiger partial charge >= 0.3 is 0 Å². The molecule has 0 spiro atoms. The molecule has 0 atom stereocenters. The van der Waals surface area contributed by atoms with Gasteiger partial charge in [-0.25, -0.2) is 0 Å². The van der Waals surface area contributed by atoms with Crippen molar-refractivity contribution in [3.05, 3.63) is 0 Å². The third-order valence-electron chi connectivity index (χ3n) is 5.16. The Balaban J connectivity index is 3.28. The summed E-state index contributed by atoms with van der Waals surface area (Å²) in [6.07, 6.45) is 20.2. The molecule has 0 amide bonds. The lowest BCUT2D eigenvalue weighted by atomic mass is 10.0. The Labute approximate surface area is 148 Å². The van der Waals surface area contributed by atoms with Gasteiger partial charge in [-0.05, 0) is 31.6 Å². The zero-order valence-corrected chi connectivity index (χ0v) is 17.3. The maximum atomic E-state index is 2.42. The van der Waals surface area contributed by atoms with Gasteiger partial charge in [0.15, 0.2) is 0 Å². The van der Waals surface area contributed by atoms with Crippen LogP contribution in [0.3, 0.4) is 0 Å². The van der Waals surface area contributed by atoms with Crippen molar-refractivity contribution in [1.82, 2.24) is 0 Å². The highest BCUT2D eigenvalue weighted by Gasteiger charge is 2.13. The van der Waals surface area contributed by atoms with Crippen molar-refractivity contribution in [2.24, 2.45) is 5.92 Å². The number of quaternary nitrogens is 1. The van der Waals surface area contributed by atoms with Crippen molar-refractivity contribution in [2.45, 2.75) is 111 Å². The van der Waals surface area contributed by atoms with E-state index in [9.17, 15) is 0 Å². The minimum atomic E-state index is 0.863. The summed E-state index contributed by atoms with van der Waals surface area (Å²) in [7, 11) is 4.83. The molecule has 0 rings (SSSR count). The lowest BCUT2D eigenvalue weighted by molar-refractivity contribution is -0.890. The summed E-state index contributed by atoms with van der Waals surface area (Å²) >= 11 is 0. The van der Waals surface area contributed by atoms with Gasteiger partial charge in [0.05, 0.1) is 27.2 Å². The molecule has 0 aromatic rings. The summed E-state index contributed by atoms with van der Waals surface area (Å²) in [6, 6.07) is 0. The van der Waals surface area contributed by atoms with Crippen LogP contribution in [0.2, 0.25) is 0 Å². The van der Waals surface area contributed by atoms with Crippen LogP contribution >= 0.6 is 0 Å². The quantitative estimate of drug-likeness (QED) is 0.196. The Morgan fingerprint density at radius 1 is 0.565 bits per heavy atom. The second-order valence-corrected chi connectivity index (χ2v) is 8.81. The van der Waals surface area contributed by atoms with Crippen LogP contribution in [0.1, 0.15) is 111 Å². The van der Waals surface area contributed by atoms with E-state index >= 15 is 0 Å². The van der Waals surface area contributed by atoms with Crippen molar-refractivity contribution in [3.8, 4) is 0 Å². The molecule has 0 aromatic carbocycles. The van der Waals surface area contributed by atoms with Crippen LogP contribution in [-0.2, 0) is 0 Å². The molecule has 0 N–H and O–H groups in total. The average Bonchev–Trinajstić information content (AvgIpc) is 2.47. The number of rotatable bonds is 17. The molecule has 0 unspecified atom stereocenters. The van der Waals surface area contributed by atoms with E-state index in [1.54, 1.807) is 0 Å². The summed E-state index contributed by atoms with van der Waals surface area (Å²) in [5, 5.41) is 0. The molecule has 0 aliphatic heterocycles. The summed E-state index contributed by atoms with van der Waals surface area (Å²) < 4.78 is 1.23. The van der Waals surface area contributed by atoms with E-state index in [2.05, 4.69) is 34.9 Å². The molecule has 0 aromatic heterocycles. The monoisotopic (exact) mass is 326 g/mol. The minimum absolute atomic E-state index is 0.863. The van der Waals surface area contributed by atoms with Crippen LogP contribution < -0.4 is 0 Å². The third kappa shape index (κ3) is 18.1. The Bertz CT molecular complexity index is 232. The second kappa shape index (κ2) is 15.5. The van der Waals surface area contributed by atoms with Gasteiger partial charge in [0.1, 0.15) is 0 Å². The molecule has 0 radical (unpaired) electrons. The summed E-state index contributed by atoms with van der Waals surface area (Å²) in [6.45, 7) is 9.70. The van der Waals surface area contributed by atoms with Crippen molar-refractivity contribution < 1.29 is 4.48 Å². The topological polar surface area (TPSA) is 0 Å². The normalized spacial score (nSPS) is 12.3. The van der Waals surface area contributed by atoms with Crippen molar-refractivity contribution >= 4 is 0 Å². The maximum absolute atomic E-state index is 2.42. The van der Waals surface area contributed by atoms with E-state index in [0.717, 1.165) is 5.92 Å². The van der Waals surface area contributed by atoms with E-state index in [-0.39, 0.29) is 0 Å². The molecule has 1 nitrogen and oxygen atoms in total. The van der Waals surface area contributed by atoms with E-state index in [4.69, 9.17) is 0 Å². The van der Waals surface area contributed by atoms with Crippen LogP contribution in [0.25, 0.3) is 0 Å². The predicted molar refractivity (Wildman–Crippen MR) is 107 cm³/mol. The number of hydrogen-bond donors (Lipinski definition) is 0. The van der Waals surface area contributed by atoms with Crippen LogP contribution in [0.5, 0.6) is 0 Å². The molecule has 0 heterocycles. The Morgan fingerprint density at radius 2 is 0.957 bits per heavy atom. The molecule has 0 saturated carbocycles. The van der Waals surface area contributed by atoms with Crippen molar-refractivity contribution in [2.75, 3.05) is 27.2 Å². The molecule has 0 aliphatic rings. The molecule has 0 saturated heterocycles. The lowest BCUT2D eigenvalue weighted by Crippen LogP contribution is -2.41. The smallest absolute Gasteiger partial charge is 0.0782 e. The van der Waals surface area contributed by atoms with Crippen LogP contribution in [0, 0.1) is 5.92 Å². The number of hydrogen-bond acceptors (Lipinski definition) is 0. The maximum Gasteiger partial charge on any atom is 0.0782 e. The Morgan fingerprint density at radius 3 is 1.39 bits per heavy atom. The summed E-state index contributed by atoms with van der Waals surface area (Å²) in [5.41, 5.74) is 0. The van der Waals surface area contributed by atoms with E-state index < -0.39 is 0 Å². The lowest BCUT2D eigenvalue weighted by Gasteiger charge is -2.30. The zero-order valence-electron chi connectivity index (χ0n) is 17.3. The summed E-state index contributed by atoms with van der Waals surface area (Å²) in [4.78, 5) is 0. The fourth-order valence-corrected chi connectivity index (χ4v) is 3.42. The molecular weight excluding hydrogens is 278 g/mol. The highest BCUT2D eigenvalue weighted by atomic mass is 15.3. The molecule has 0 aliphatic carbocycles. The number of unbranched alkanes of at least 4 members (excludes halogenated alkanes) is 11. The Hall–Kier alpha value is -0.0400. The van der Waals surface area contributed by atoms with Crippen molar-refractivity contribution in [1.29, 1.82) is 0 Å². The summed E-state index contributed by atoms with van der Waals surface area (Å²) in [5.74, 6) is 0.863. The average molecular weight is 327 g/mol. The SMILES string of the molecule is CCCCCCCCCCCCCC[N+](C)(C)CCCC(C)C. The van der Waals surface area contributed by atoms with Gasteiger partial charge < -0.3 is 4.48 Å². The first-order chi connectivity index (χ1) is 11.0. The zero-order chi connectivity index (χ0) is 17.4. The van der Waals surface area contributed by atoms with Gasteiger partial charge in [-0.2, -0.15) is 0 Å². The minimum Gasteiger partial charge on any atom is -0.328 e. The van der Waals surface area contributed by atoms with E-state index in [1.807, 2.05) is 0 Å². The fourth-order valence-electron chi connectivity index (χ4n) is 3.42. The first kappa shape index (κ1) is 23.0. The first-order valence-corrected chi connectivity index (χ1v) is 10.8.